The maximum Gasteiger partial charge on any atom is 0.472 e. The van der Waals surface area contributed by atoms with Gasteiger partial charge >= 0.3 is 7.82 Å². The van der Waals surface area contributed by atoms with Crippen molar-refractivity contribution >= 4 is 13.7 Å². The lowest BCUT2D eigenvalue weighted by molar-refractivity contribution is -0.870. The van der Waals surface area contributed by atoms with Gasteiger partial charge in [-0.3, -0.25) is 13.8 Å². The average Bonchev–Trinajstić information content (AvgIpc) is 3.23. The molecule has 1 amide bonds. The summed E-state index contributed by atoms with van der Waals surface area (Å²) in [5, 5.41) is 13.8. The van der Waals surface area contributed by atoms with Gasteiger partial charge in [-0.1, -0.05) is 195 Å². The van der Waals surface area contributed by atoms with Crippen molar-refractivity contribution in [1.82, 2.24) is 5.32 Å². The van der Waals surface area contributed by atoms with Crippen LogP contribution in [0.2, 0.25) is 0 Å². The number of carbonyl (C=O) groups is 1. The Morgan fingerprint density at radius 2 is 0.984 bits per heavy atom. The molecule has 358 valence electrons. The first-order valence-corrected chi connectivity index (χ1v) is 26.5. The molecule has 8 nitrogen and oxygen atoms in total. The largest absolute Gasteiger partial charge is 0.472 e. The SMILES string of the molecule is CC/C=C\C/C=C\C/C=C\C/C=C\C/C=C\CCCCCCCCCCCC(=O)NC(COP(=O)(O)OCC[N+](C)(C)C)C(O)/C=C/CC/C=C/CCCCCCCCCCC. The van der Waals surface area contributed by atoms with Crippen molar-refractivity contribution in [3.63, 3.8) is 0 Å². The number of phosphoric ester groups is 1. The highest BCUT2D eigenvalue weighted by Gasteiger charge is 2.27. The van der Waals surface area contributed by atoms with E-state index in [1.165, 1.54) is 96.3 Å². The molecule has 0 fully saturated rings. The summed E-state index contributed by atoms with van der Waals surface area (Å²) in [6, 6.07) is -0.871. The molecular formula is C53H96N2O6P+. The number of nitrogens with one attached hydrogen (secondary N) is 1. The molecule has 0 saturated carbocycles. The quantitative estimate of drug-likeness (QED) is 0.0244. The minimum Gasteiger partial charge on any atom is -0.387 e. The van der Waals surface area contributed by atoms with E-state index in [1.807, 2.05) is 27.2 Å². The summed E-state index contributed by atoms with van der Waals surface area (Å²) >= 11 is 0. The molecule has 0 aromatic heterocycles. The molecule has 9 heteroatoms. The van der Waals surface area contributed by atoms with Crippen LogP contribution in [0.1, 0.15) is 194 Å². The van der Waals surface area contributed by atoms with Crippen molar-refractivity contribution in [2.75, 3.05) is 40.9 Å². The molecule has 0 aromatic carbocycles. The van der Waals surface area contributed by atoms with Crippen LogP contribution in [0, 0.1) is 0 Å². The van der Waals surface area contributed by atoms with Crippen LogP contribution in [0.15, 0.2) is 85.1 Å². The third kappa shape index (κ3) is 45.7. The van der Waals surface area contributed by atoms with Gasteiger partial charge in [0.25, 0.3) is 0 Å². The van der Waals surface area contributed by atoms with Gasteiger partial charge in [-0.25, -0.2) is 4.57 Å². The zero-order valence-corrected chi connectivity index (χ0v) is 41.5. The summed E-state index contributed by atoms with van der Waals surface area (Å²) in [6.07, 6.45) is 60.9. The summed E-state index contributed by atoms with van der Waals surface area (Å²) in [6.45, 7) is 4.66. The molecule has 0 aliphatic heterocycles. The number of aliphatic hydroxyl groups excluding tert-OH is 1. The Morgan fingerprint density at radius 1 is 0.565 bits per heavy atom. The van der Waals surface area contributed by atoms with Gasteiger partial charge in [0.15, 0.2) is 0 Å². The van der Waals surface area contributed by atoms with Gasteiger partial charge in [-0.15, -0.1) is 0 Å². The van der Waals surface area contributed by atoms with Gasteiger partial charge in [0.05, 0.1) is 39.9 Å². The number of hydrogen-bond acceptors (Lipinski definition) is 5. The Bertz CT molecular complexity index is 1280. The fourth-order valence-electron chi connectivity index (χ4n) is 6.67. The highest BCUT2D eigenvalue weighted by molar-refractivity contribution is 7.47. The van der Waals surface area contributed by atoms with E-state index in [1.54, 1.807) is 6.08 Å². The molecule has 0 heterocycles. The highest BCUT2D eigenvalue weighted by atomic mass is 31.2. The summed E-state index contributed by atoms with van der Waals surface area (Å²) in [7, 11) is 1.54. The van der Waals surface area contributed by atoms with Crippen molar-refractivity contribution in [3.05, 3.63) is 85.1 Å². The first-order valence-electron chi connectivity index (χ1n) is 25.0. The van der Waals surface area contributed by atoms with E-state index in [9.17, 15) is 19.4 Å². The van der Waals surface area contributed by atoms with E-state index in [0.717, 1.165) is 77.0 Å². The predicted molar refractivity (Wildman–Crippen MR) is 267 cm³/mol. The lowest BCUT2D eigenvalue weighted by Crippen LogP contribution is -2.45. The van der Waals surface area contributed by atoms with Crippen LogP contribution in [0.4, 0.5) is 0 Å². The third-order valence-corrected chi connectivity index (χ3v) is 11.6. The lowest BCUT2D eigenvalue weighted by Gasteiger charge is -2.25. The Labute approximate surface area is 382 Å². The second-order valence-electron chi connectivity index (χ2n) is 17.8. The zero-order chi connectivity index (χ0) is 45.7. The summed E-state index contributed by atoms with van der Waals surface area (Å²) in [5.41, 5.74) is 0. The van der Waals surface area contributed by atoms with E-state index in [0.29, 0.717) is 17.4 Å². The monoisotopic (exact) mass is 888 g/mol. The van der Waals surface area contributed by atoms with Crippen molar-refractivity contribution in [2.45, 2.75) is 206 Å². The smallest absolute Gasteiger partial charge is 0.387 e. The Balaban J connectivity index is 4.35. The molecule has 3 N–H and O–H groups in total. The molecule has 0 radical (unpaired) electrons. The molecular weight excluding hydrogens is 792 g/mol. The normalized spacial score (nSPS) is 14.9. The molecule has 62 heavy (non-hydrogen) atoms. The van der Waals surface area contributed by atoms with Crippen LogP contribution in [-0.4, -0.2) is 73.4 Å². The third-order valence-electron chi connectivity index (χ3n) is 10.6. The number of rotatable bonds is 44. The number of quaternary nitrogens is 1. The van der Waals surface area contributed by atoms with Gasteiger partial charge in [0.2, 0.25) is 5.91 Å². The molecule has 0 saturated heterocycles. The van der Waals surface area contributed by atoms with Crippen LogP contribution in [-0.2, 0) is 18.4 Å². The van der Waals surface area contributed by atoms with E-state index >= 15 is 0 Å². The molecule has 0 aliphatic carbocycles. The van der Waals surface area contributed by atoms with Crippen molar-refractivity contribution < 1.29 is 32.9 Å². The van der Waals surface area contributed by atoms with Crippen molar-refractivity contribution in [1.29, 1.82) is 0 Å². The number of hydrogen-bond donors (Lipinski definition) is 3. The van der Waals surface area contributed by atoms with Gasteiger partial charge in [-0.2, -0.15) is 0 Å². The summed E-state index contributed by atoms with van der Waals surface area (Å²) in [4.78, 5) is 23.2. The molecule has 0 aromatic rings. The zero-order valence-electron chi connectivity index (χ0n) is 40.6. The number of nitrogens with zero attached hydrogens (tertiary/aromatic N) is 1. The number of likely N-dealkylation sites (N-methyl/N-ethyl adjacent to an activating group) is 1. The molecule has 3 unspecified atom stereocenters. The molecule has 0 bridgehead atoms. The summed E-state index contributed by atoms with van der Waals surface area (Å²) < 4.78 is 23.6. The number of aliphatic hydroxyl groups is 1. The standard InChI is InChI=1S/C53H95N2O6P/c1-6-8-10-12-14-16-18-20-22-23-24-25-26-27-28-29-30-31-33-35-37-39-41-43-45-47-53(57)54-51(50-61-62(58,59)60-49-48-55(3,4)5)52(56)46-44-42-40-38-36-34-32-21-19-17-15-13-11-9-7-2/h8,10,14,16,20,22,24-25,27-28,36,38,44,46,51-52,56H,6-7,9,11-13,15,17-19,21,23,26,29-35,37,39-43,45,47-50H2,1-5H3,(H-,54,57,58,59)/p+1/b10-8-,16-14-,22-20-,25-24-,28-27-,38-36+,46-44+. The Kier molecular flexibility index (Phi) is 42.3. The van der Waals surface area contributed by atoms with Crippen molar-refractivity contribution in [3.8, 4) is 0 Å². The maximum atomic E-state index is 12.9. The average molecular weight is 888 g/mol. The highest BCUT2D eigenvalue weighted by Crippen LogP contribution is 2.43. The van der Waals surface area contributed by atoms with E-state index in [4.69, 9.17) is 9.05 Å². The number of phosphoric acid groups is 1. The number of unbranched alkanes of at least 4 members (excludes halogenated alkanes) is 19. The number of carbonyl (C=O) groups excluding carboxylic acids is 1. The first kappa shape index (κ1) is 59.7. The van der Waals surface area contributed by atoms with E-state index in [2.05, 4.69) is 92.1 Å². The molecule has 0 rings (SSSR count). The number of amides is 1. The van der Waals surface area contributed by atoms with E-state index in [-0.39, 0.29) is 19.1 Å². The van der Waals surface area contributed by atoms with Gasteiger partial charge in [-0.05, 0) is 77.0 Å². The fraction of sp³-hybridized carbons (Fsp3) is 0.717. The fourth-order valence-corrected chi connectivity index (χ4v) is 7.41. The van der Waals surface area contributed by atoms with Gasteiger partial charge in [0.1, 0.15) is 13.2 Å². The second kappa shape index (κ2) is 43.9. The van der Waals surface area contributed by atoms with Crippen LogP contribution >= 0.6 is 7.82 Å². The molecule has 0 aliphatic rings. The van der Waals surface area contributed by atoms with Gasteiger partial charge in [0, 0.05) is 6.42 Å². The lowest BCUT2D eigenvalue weighted by atomic mass is 10.1. The minimum atomic E-state index is -4.36. The van der Waals surface area contributed by atoms with E-state index < -0.39 is 20.0 Å². The van der Waals surface area contributed by atoms with Crippen LogP contribution in [0.5, 0.6) is 0 Å². The predicted octanol–water partition coefficient (Wildman–Crippen LogP) is 14.5. The maximum absolute atomic E-state index is 12.9. The van der Waals surface area contributed by atoms with Crippen LogP contribution < -0.4 is 5.32 Å². The topological polar surface area (TPSA) is 105 Å². The van der Waals surface area contributed by atoms with Crippen LogP contribution in [0.3, 0.4) is 0 Å². The molecule has 3 atom stereocenters. The Hall–Kier alpha value is -2.32. The first-order chi connectivity index (χ1) is 30.0. The Morgan fingerprint density at radius 3 is 1.48 bits per heavy atom. The molecule has 0 spiro atoms. The van der Waals surface area contributed by atoms with Gasteiger partial charge < -0.3 is 19.8 Å². The summed E-state index contributed by atoms with van der Waals surface area (Å²) in [5.74, 6) is -0.197. The second-order valence-corrected chi connectivity index (χ2v) is 19.3. The van der Waals surface area contributed by atoms with Crippen molar-refractivity contribution in [2.24, 2.45) is 0 Å². The van der Waals surface area contributed by atoms with Crippen LogP contribution in [0.25, 0.3) is 0 Å². The number of allylic oxidation sites excluding steroid dienone is 13. The minimum absolute atomic E-state index is 0.0508.